The first-order valence-electron chi connectivity index (χ1n) is 18.4. The molecule has 63 heavy (non-hydrogen) atoms. The number of esters is 2. The molecule has 4 aromatic heterocycles. The SMILES string of the molecule is C.CCCC(C)Oc1nc(N)c([N+](=O)[O-])c(N(CC(=O)OCC)Cc2ccc(C)nc2)n1.CCOC(=O)CN(Cc1ccc(C)nc1)c1nc(S(C)(=O)=O)nc(N)c1[N+](=O)[O-].[F-].[K+]. The molecule has 1 atom stereocenters. The van der Waals surface area contributed by atoms with E-state index in [1.807, 2.05) is 32.9 Å². The van der Waals surface area contributed by atoms with Gasteiger partial charge in [0.2, 0.25) is 33.1 Å². The van der Waals surface area contributed by atoms with Gasteiger partial charge in [-0.15, -0.1) is 0 Å². The average Bonchev–Trinajstić information content (AvgIpc) is 3.15. The van der Waals surface area contributed by atoms with Crippen LogP contribution in [0.15, 0.2) is 41.8 Å². The first-order chi connectivity index (χ1) is 28.3. The smallest absolute Gasteiger partial charge is 1.00 e. The van der Waals surface area contributed by atoms with Crippen LogP contribution in [0.25, 0.3) is 0 Å². The topological polar surface area (TPSA) is 318 Å². The van der Waals surface area contributed by atoms with Crippen molar-refractivity contribution in [1.82, 2.24) is 29.9 Å². The standard InChI is InChI=1S/C20H28N6O5.C16H20N6O6S.CH4.FH.K/c1-5-7-14(4)31-20-23-18(21)17(26(28)29)19(24-20)25(12-16(27)30-6-2)11-15-9-8-13(3)22-10-15;1-4-28-12(23)9-21(8-11-6-5-10(2)18-7-11)15-13(22(24)25)14(17)19-16(20-15)29(3,26)27;;;/h8-10,14H,5-7,11-12H2,1-4H3,(H2,21,23,24);5-7H,4,8-9H2,1-3H3,(H2,17,19,20);1H4;1H;/q;;;;+1/p-1. The second kappa shape index (κ2) is 27.0. The van der Waals surface area contributed by atoms with E-state index in [0.717, 1.165) is 36.0 Å². The molecule has 0 aromatic carbocycles. The fourth-order valence-electron chi connectivity index (χ4n) is 5.29. The molecule has 0 saturated carbocycles. The predicted octanol–water partition coefficient (Wildman–Crippen LogP) is -1.90. The number of nitro groups is 2. The van der Waals surface area contributed by atoms with Crippen molar-refractivity contribution in [3.63, 3.8) is 0 Å². The number of aryl methyl sites for hydroxylation is 2. The fourth-order valence-corrected chi connectivity index (χ4v) is 5.81. The van der Waals surface area contributed by atoms with E-state index in [0.29, 0.717) is 5.56 Å². The summed E-state index contributed by atoms with van der Waals surface area (Å²) in [5, 5.41) is 22.6. The molecule has 0 aliphatic heterocycles. The van der Waals surface area contributed by atoms with Crippen LogP contribution in [0, 0.1) is 34.1 Å². The van der Waals surface area contributed by atoms with Gasteiger partial charge in [0, 0.05) is 43.1 Å². The Morgan fingerprint density at radius 3 is 1.57 bits per heavy atom. The third-order valence-electron chi connectivity index (χ3n) is 7.98. The Labute approximate surface area is 406 Å². The number of halogens is 1. The van der Waals surface area contributed by atoms with Gasteiger partial charge in [0.05, 0.1) is 29.2 Å². The quantitative estimate of drug-likeness (QED) is 0.0341. The van der Waals surface area contributed by atoms with Crippen LogP contribution in [-0.2, 0) is 42.0 Å². The third-order valence-corrected chi connectivity index (χ3v) is 8.83. The van der Waals surface area contributed by atoms with Gasteiger partial charge in [-0.1, -0.05) is 32.9 Å². The molecule has 4 rings (SSSR count). The summed E-state index contributed by atoms with van der Waals surface area (Å²) in [6, 6.07) is 6.98. The minimum Gasteiger partial charge on any atom is -1.00 e. The molecule has 26 heteroatoms. The van der Waals surface area contributed by atoms with Crippen molar-refractivity contribution < 1.29 is 98.2 Å². The summed E-state index contributed by atoms with van der Waals surface area (Å²) < 4.78 is 39.4. The number of aromatic nitrogens is 6. The molecule has 0 radical (unpaired) electrons. The number of carbonyl (C=O) groups is 2. The van der Waals surface area contributed by atoms with E-state index in [-0.39, 0.29) is 120 Å². The van der Waals surface area contributed by atoms with Gasteiger partial charge in [0.1, 0.15) is 13.1 Å². The van der Waals surface area contributed by atoms with Crippen LogP contribution in [0.4, 0.5) is 34.6 Å². The fraction of sp³-hybridized carbons (Fsp3) is 0.459. The Morgan fingerprint density at radius 1 is 0.778 bits per heavy atom. The van der Waals surface area contributed by atoms with Crippen molar-refractivity contribution in [2.75, 3.05) is 53.8 Å². The van der Waals surface area contributed by atoms with Crippen molar-refractivity contribution in [2.24, 2.45) is 0 Å². The van der Waals surface area contributed by atoms with Crippen LogP contribution in [-0.4, -0.2) is 98.8 Å². The van der Waals surface area contributed by atoms with Crippen molar-refractivity contribution >= 4 is 56.4 Å². The number of nitrogen functional groups attached to an aromatic ring is 2. The summed E-state index contributed by atoms with van der Waals surface area (Å²) >= 11 is 0. The van der Waals surface area contributed by atoms with Crippen LogP contribution in [0.3, 0.4) is 0 Å². The van der Waals surface area contributed by atoms with E-state index in [9.17, 15) is 38.2 Å². The largest absolute Gasteiger partial charge is 1.00 e. The molecular formula is C37H52FKN12O11S. The Kier molecular flexibility index (Phi) is 24.8. The number of rotatable bonds is 19. The molecule has 23 nitrogen and oxygen atoms in total. The summed E-state index contributed by atoms with van der Waals surface area (Å²) in [6.45, 7) is 10.4. The van der Waals surface area contributed by atoms with Crippen LogP contribution in [0.1, 0.15) is 70.5 Å². The molecule has 0 amide bonds. The van der Waals surface area contributed by atoms with Crippen LogP contribution < -0.4 is 82.1 Å². The molecule has 1 unspecified atom stereocenters. The molecule has 4 heterocycles. The number of sulfone groups is 1. The minimum absolute atomic E-state index is 0. The molecular weight excluding hydrogens is 879 g/mol. The minimum atomic E-state index is -3.92. The van der Waals surface area contributed by atoms with E-state index in [2.05, 4.69) is 29.9 Å². The van der Waals surface area contributed by atoms with Gasteiger partial charge in [-0.2, -0.15) is 19.9 Å². The number of carbonyl (C=O) groups excluding carboxylic acids is 2. The van der Waals surface area contributed by atoms with Gasteiger partial charge < -0.3 is 40.2 Å². The summed E-state index contributed by atoms with van der Waals surface area (Å²) in [6.07, 6.45) is 5.42. The number of nitrogens with two attached hydrogens (primary N) is 2. The van der Waals surface area contributed by atoms with Gasteiger partial charge >= 0.3 is 80.7 Å². The maximum Gasteiger partial charge on any atom is 1.00 e. The third kappa shape index (κ3) is 17.8. The Bertz CT molecular complexity index is 2260. The van der Waals surface area contributed by atoms with Gasteiger partial charge in [-0.05, 0) is 64.3 Å². The summed E-state index contributed by atoms with van der Waals surface area (Å²) in [4.78, 5) is 72.6. The number of pyridine rings is 2. The summed E-state index contributed by atoms with van der Waals surface area (Å²) in [5.41, 5.74) is 13.2. The van der Waals surface area contributed by atoms with Crippen LogP contribution in [0.2, 0.25) is 0 Å². The molecule has 0 spiro atoms. The van der Waals surface area contributed by atoms with Crippen molar-refractivity contribution in [1.29, 1.82) is 0 Å². The number of hydrogen-bond acceptors (Lipinski definition) is 21. The Balaban J connectivity index is 0.00000117. The van der Waals surface area contributed by atoms with Crippen LogP contribution >= 0.6 is 0 Å². The van der Waals surface area contributed by atoms with Crippen molar-refractivity contribution in [2.45, 2.75) is 86.2 Å². The monoisotopic (exact) mass is 930 g/mol. The second-order valence-electron chi connectivity index (χ2n) is 13.1. The van der Waals surface area contributed by atoms with E-state index in [4.69, 9.17) is 25.7 Å². The Hall–Kier alpha value is -5.28. The number of anilines is 4. The summed E-state index contributed by atoms with van der Waals surface area (Å²) in [5.74, 6) is -2.74. The molecule has 4 aromatic rings. The maximum absolute atomic E-state index is 12.2. The average molecular weight is 931 g/mol. The van der Waals surface area contributed by atoms with Crippen molar-refractivity contribution in [3.05, 3.63) is 79.4 Å². The van der Waals surface area contributed by atoms with Gasteiger partial charge in [0.25, 0.3) is 5.16 Å². The number of nitrogens with zero attached hydrogens (tertiary/aromatic N) is 10. The predicted molar refractivity (Wildman–Crippen MR) is 224 cm³/mol. The molecule has 0 saturated heterocycles. The van der Waals surface area contributed by atoms with E-state index in [1.54, 1.807) is 39.1 Å². The molecule has 0 aliphatic carbocycles. The van der Waals surface area contributed by atoms with E-state index < -0.39 is 66.3 Å². The van der Waals surface area contributed by atoms with Gasteiger partial charge in [0.15, 0.2) is 0 Å². The molecule has 4 N–H and O–H groups in total. The normalized spacial score (nSPS) is 10.8. The van der Waals surface area contributed by atoms with Crippen molar-refractivity contribution in [3.8, 4) is 6.01 Å². The molecule has 0 aliphatic rings. The zero-order chi connectivity index (χ0) is 44.7. The molecule has 340 valence electrons. The Morgan fingerprint density at radius 2 is 1.21 bits per heavy atom. The van der Waals surface area contributed by atoms with Gasteiger partial charge in [-0.25, -0.2) is 8.42 Å². The van der Waals surface area contributed by atoms with Crippen LogP contribution in [0.5, 0.6) is 6.01 Å². The maximum atomic E-state index is 12.2. The van der Waals surface area contributed by atoms with E-state index >= 15 is 0 Å². The summed E-state index contributed by atoms with van der Waals surface area (Å²) in [7, 11) is -3.92. The first-order valence-corrected chi connectivity index (χ1v) is 20.3. The molecule has 0 bridgehead atoms. The number of hydrogen-bond donors (Lipinski definition) is 2. The zero-order valence-corrected chi connectivity index (χ0v) is 39.5. The van der Waals surface area contributed by atoms with E-state index in [1.165, 1.54) is 16.0 Å². The zero-order valence-electron chi connectivity index (χ0n) is 35.6. The molecule has 0 fully saturated rings. The second-order valence-corrected chi connectivity index (χ2v) is 15.0. The first kappa shape index (κ1) is 57.7. The van der Waals surface area contributed by atoms with Gasteiger partial charge in [-0.3, -0.25) is 39.8 Å². The number of ether oxygens (including phenoxy) is 3.